The number of amides is 1. The molecular formula is C20H28N2O3. The molecular weight excluding hydrogens is 316 g/mol. The van der Waals surface area contributed by atoms with Gasteiger partial charge in [-0.05, 0) is 45.7 Å². The smallest absolute Gasteiger partial charge is 0.407 e. The highest BCUT2D eigenvalue weighted by molar-refractivity contribution is 5.77. The fourth-order valence-electron chi connectivity index (χ4n) is 3.42. The highest BCUT2D eigenvalue weighted by Crippen LogP contribution is 2.30. The van der Waals surface area contributed by atoms with E-state index in [1.165, 1.54) is 12.8 Å². The first-order valence-electron chi connectivity index (χ1n) is 9.05. The summed E-state index contributed by atoms with van der Waals surface area (Å²) in [6.07, 6.45) is 4.07. The second kappa shape index (κ2) is 7.08. The van der Waals surface area contributed by atoms with Crippen molar-refractivity contribution in [2.24, 2.45) is 0 Å². The number of fused-ring (bicyclic) bond motifs is 1. The van der Waals surface area contributed by atoms with Gasteiger partial charge < -0.3 is 19.8 Å². The number of furan rings is 1. The highest BCUT2D eigenvalue weighted by atomic mass is 16.6. The molecule has 1 aromatic carbocycles. The predicted molar refractivity (Wildman–Crippen MR) is 98.5 cm³/mol. The van der Waals surface area contributed by atoms with E-state index in [4.69, 9.17) is 9.15 Å². The van der Waals surface area contributed by atoms with E-state index >= 15 is 0 Å². The van der Waals surface area contributed by atoms with Crippen LogP contribution in [0.5, 0.6) is 0 Å². The van der Waals surface area contributed by atoms with Crippen LogP contribution in [0.15, 0.2) is 34.7 Å². The van der Waals surface area contributed by atoms with Crippen molar-refractivity contribution < 1.29 is 13.9 Å². The Balaban J connectivity index is 1.59. The summed E-state index contributed by atoms with van der Waals surface area (Å²) in [4.78, 5) is 12.0. The van der Waals surface area contributed by atoms with Crippen molar-refractivity contribution in [3.8, 4) is 0 Å². The van der Waals surface area contributed by atoms with Gasteiger partial charge in [0.2, 0.25) is 0 Å². The van der Waals surface area contributed by atoms with Crippen LogP contribution in [0.25, 0.3) is 11.0 Å². The van der Waals surface area contributed by atoms with Crippen molar-refractivity contribution in [2.45, 2.75) is 64.1 Å². The lowest BCUT2D eigenvalue weighted by molar-refractivity contribution is 0.0509. The van der Waals surface area contributed by atoms with E-state index in [0.717, 1.165) is 29.6 Å². The van der Waals surface area contributed by atoms with Crippen LogP contribution in [0, 0.1) is 0 Å². The third-order valence-electron chi connectivity index (χ3n) is 4.64. The number of carbonyl (C=O) groups excluding carboxylic acids is 1. The van der Waals surface area contributed by atoms with Crippen molar-refractivity contribution in [3.05, 3.63) is 36.1 Å². The molecule has 0 saturated heterocycles. The van der Waals surface area contributed by atoms with Crippen LogP contribution in [0.3, 0.4) is 0 Å². The van der Waals surface area contributed by atoms with E-state index in [2.05, 4.69) is 22.8 Å². The second-order valence-corrected chi connectivity index (χ2v) is 7.95. The van der Waals surface area contributed by atoms with Crippen LogP contribution in [-0.2, 0) is 11.3 Å². The summed E-state index contributed by atoms with van der Waals surface area (Å²) >= 11 is 0. The topological polar surface area (TPSA) is 63.5 Å². The van der Waals surface area contributed by atoms with Crippen LogP contribution >= 0.6 is 0 Å². The molecule has 1 heterocycles. The average molecular weight is 344 g/mol. The first kappa shape index (κ1) is 17.8. The predicted octanol–water partition coefficient (Wildman–Crippen LogP) is 4.36. The van der Waals surface area contributed by atoms with Crippen LogP contribution in [0.1, 0.15) is 52.2 Å². The molecule has 1 fully saturated rings. The molecule has 1 saturated carbocycles. The van der Waals surface area contributed by atoms with Gasteiger partial charge in [-0.1, -0.05) is 31.0 Å². The lowest BCUT2D eigenvalue weighted by Gasteiger charge is -2.31. The summed E-state index contributed by atoms with van der Waals surface area (Å²) in [6.45, 7) is 6.85. The summed E-state index contributed by atoms with van der Waals surface area (Å²) in [6, 6.07) is 10.1. The lowest BCUT2D eigenvalue weighted by atomic mass is 9.97. The number of alkyl carbamates (subject to hydrolysis) is 1. The molecule has 0 spiro atoms. The Morgan fingerprint density at radius 3 is 2.64 bits per heavy atom. The number of hydrogen-bond acceptors (Lipinski definition) is 4. The molecule has 0 bridgehead atoms. The molecule has 1 aromatic heterocycles. The zero-order valence-electron chi connectivity index (χ0n) is 15.4. The van der Waals surface area contributed by atoms with Crippen molar-refractivity contribution in [2.75, 3.05) is 6.54 Å². The molecule has 136 valence electrons. The Morgan fingerprint density at radius 1 is 1.24 bits per heavy atom. The maximum atomic E-state index is 12.0. The minimum atomic E-state index is -0.478. The Bertz CT molecular complexity index is 691. The van der Waals surface area contributed by atoms with Crippen LogP contribution < -0.4 is 10.6 Å². The van der Waals surface area contributed by atoms with Crippen molar-refractivity contribution in [3.63, 3.8) is 0 Å². The van der Waals surface area contributed by atoms with Crippen molar-refractivity contribution >= 4 is 17.1 Å². The number of hydrogen-bond donors (Lipinski definition) is 2. The van der Waals surface area contributed by atoms with Crippen LogP contribution in [0.2, 0.25) is 0 Å². The number of rotatable bonds is 5. The Hall–Kier alpha value is -2.01. The SMILES string of the molecule is CC(C)(C)OC(=O)NCC1(NCc2cc3ccccc3o2)CCCC1. The quantitative estimate of drug-likeness (QED) is 0.846. The Kier molecular flexibility index (Phi) is 5.04. The molecule has 1 aliphatic rings. The van der Waals surface area contributed by atoms with Gasteiger partial charge >= 0.3 is 6.09 Å². The number of carbonyl (C=O) groups is 1. The highest BCUT2D eigenvalue weighted by Gasteiger charge is 2.34. The molecule has 0 atom stereocenters. The first-order valence-corrected chi connectivity index (χ1v) is 9.05. The normalized spacial score (nSPS) is 16.9. The first-order chi connectivity index (χ1) is 11.9. The molecule has 3 rings (SSSR count). The van der Waals surface area contributed by atoms with E-state index in [1.54, 1.807) is 0 Å². The van der Waals surface area contributed by atoms with E-state index in [1.807, 2.05) is 39.0 Å². The minimum absolute atomic E-state index is 0.0874. The summed E-state index contributed by atoms with van der Waals surface area (Å²) in [7, 11) is 0. The van der Waals surface area contributed by atoms with Crippen LogP contribution in [0.4, 0.5) is 4.79 Å². The zero-order valence-corrected chi connectivity index (χ0v) is 15.4. The monoisotopic (exact) mass is 344 g/mol. The average Bonchev–Trinajstić information content (AvgIpc) is 3.16. The van der Waals surface area contributed by atoms with Gasteiger partial charge in [0.25, 0.3) is 0 Å². The number of nitrogens with one attached hydrogen (secondary N) is 2. The molecule has 5 nitrogen and oxygen atoms in total. The third-order valence-corrected chi connectivity index (χ3v) is 4.64. The van der Waals surface area contributed by atoms with E-state index < -0.39 is 5.60 Å². The van der Waals surface area contributed by atoms with Crippen molar-refractivity contribution in [1.29, 1.82) is 0 Å². The summed E-state index contributed by atoms with van der Waals surface area (Å²) in [5.74, 6) is 0.921. The summed E-state index contributed by atoms with van der Waals surface area (Å²) < 4.78 is 11.2. The lowest BCUT2D eigenvalue weighted by Crippen LogP contribution is -2.51. The molecule has 0 radical (unpaired) electrons. The Morgan fingerprint density at radius 2 is 1.96 bits per heavy atom. The van der Waals surface area contributed by atoms with Gasteiger partial charge in [-0.25, -0.2) is 4.79 Å². The zero-order chi connectivity index (χ0) is 17.9. The second-order valence-electron chi connectivity index (χ2n) is 7.95. The summed E-state index contributed by atoms with van der Waals surface area (Å²) in [5, 5.41) is 7.67. The summed E-state index contributed by atoms with van der Waals surface area (Å²) in [5.41, 5.74) is 0.344. The van der Waals surface area contributed by atoms with Gasteiger partial charge in [-0.15, -0.1) is 0 Å². The van der Waals surface area contributed by atoms with Gasteiger partial charge in [-0.2, -0.15) is 0 Å². The maximum absolute atomic E-state index is 12.0. The molecule has 1 amide bonds. The van der Waals surface area contributed by atoms with E-state index in [-0.39, 0.29) is 11.6 Å². The van der Waals surface area contributed by atoms with Gasteiger partial charge in [0, 0.05) is 17.5 Å². The van der Waals surface area contributed by atoms with Gasteiger partial charge in [0.05, 0.1) is 6.54 Å². The fraction of sp³-hybridized carbons (Fsp3) is 0.550. The maximum Gasteiger partial charge on any atom is 0.407 e. The van der Waals surface area contributed by atoms with Crippen molar-refractivity contribution in [1.82, 2.24) is 10.6 Å². The molecule has 5 heteroatoms. The number of para-hydroxylation sites is 1. The Labute approximate surface area is 149 Å². The molecule has 1 aliphatic carbocycles. The van der Waals surface area contributed by atoms with Gasteiger partial charge in [0.15, 0.2) is 0 Å². The van der Waals surface area contributed by atoms with Gasteiger partial charge in [0.1, 0.15) is 16.9 Å². The molecule has 2 N–H and O–H groups in total. The van der Waals surface area contributed by atoms with Crippen LogP contribution in [-0.4, -0.2) is 23.8 Å². The third kappa shape index (κ3) is 4.75. The molecule has 2 aromatic rings. The fourth-order valence-corrected chi connectivity index (χ4v) is 3.42. The minimum Gasteiger partial charge on any atom is -0.460 e. The van der Waals surface area contributed by atoms with E-state index in [0.29, 0.717) is 13.1 Å². The molecule has 25 heavy (non-hydrogen) atoms. The molecule has 0 aliphatic heterocycles. The van der Waals surface area contributed by atoms with Gasteiger partial charge in [-0.3, -0.25) is 0 Å². The number of benzene rings is 1. The standard InChI is InChI=1S/C20H28N2O3/c1-19(2,3)25-18(23)21-14-20(10-6-7-11-20)22-13-16-12-15-8-4-5-9-17(15)24-16/h4-5,8-9,12,22H,6-7,10-11,13-14H2,1-3H3,(H,21,23). The number of ether oxygens (including phenoxy) is 1. The molecule has 0 unspecified atom stereocenters. The largest absolute Gasteiger partial charge is 0.460 e. The van der Waals surface area contributed by atoms with E-state index in [9.17, 15) is 4.79 Å².